The van der Waals surface area contributed by atoms with Crippen LogP contribution >= 0.6 is 0 Å². The van der Waals surface area contributed by atoms with Crippen LogP contribution in [0, 0.1) is 0 Å². The lowest BCUT2D eigenvalue weighted by Crippen LogP contribution is -2.28. The highest BCUT2D eigenvalue weighted by atomic mass is 16.3. The molecule has 1 unspecified atom stereocenters. The van der Waals surface area contributed by atoms with Crippen molar-refractivity contribution in [2.45, 2.75) is 18.8 Å². The number of nitrogens with zero attached hydrogens (tertiary/aromatic N) is 3. The highest BCUT2D eigenvalue weighted by Crippen LogP contribution is 2.27. The smallest absolute Gasteiger partial charge is 0.291 e. The van der Waals surface area contributed by atoms with E-state index in [1.807, 2.05) is 6.07 Å². The first-order valence-electron chi connectivity index (χ1n) is 6.60. The Labute approximate surface area is 115 Å². The molecule has 2 aromatic heterocycles. The van der Waals surface area contributed by atoms with Gasteiger partial charge in [-0.2, -0.15) is 5.10 Å². The van der Waals surface area contributed by atoms with Gasteiger partial charge in [-0.15, -0.1) is 0 Å². The summed E-state index contributed by atoms with van der Waals surface area (Å²) in [5.74, 6) is 0.371. The molecule has 1 atom stereocenters. The van der Waals surface area contributed by atoms with Crippen molar-refractivity contribution in [1.29, 1.82) is 0 Å². The van der Waals surface area contributed by atoms with Crippen LogP contribution in [0.4, 0.5) is 0 Å². The molecule has 3 rings (SSSR count). The van der Waals surface area contributed by atoms with E-state index in [1.54, 1.807) is 4.90 Å². The maximum Gasteiger partial charge on any atom is 0.291 e. The number of hydrogen-bond acceptors (Lipinski definition) is 5. The minimum atomic E-state index is -0.129. The number of H-pyrrole nitrogens is 1. The van der Waals surface area contributed by atoms with Gasteiger partial charge in [0.15, 0.2) is 6.39 Å². The van der Waals surface area contributed by atoms with Gasteiger partial charge in [-0.25, -0.2) is 4.98 Å². The van der Waals surface area contributed by atoms with E-state index in [1.165, 1.54) is 12.6 Å². The zero-order chi connectivity index (χ0) is 13.9. The molecule has 1 aliphatic heterocycles. The number of amides is 1. The van der Waals surface area contributed by atoms with Crippen LogP contribution in [0.2, 0.25) is 0 Å². The van der Waals surface area contributed by atoms with Crippen molar-refractivity contribution in [2.75, 3.05) is 19.7 Å². The Balaban J connectivity index is 1.65. The summed E-state index contributed by atoms with van der Waals surface area (Å²) < 4.78 is 5.03. The molecule has 0 radical (unpaired) electrons. The largest absolute Gasteiger partial charge is 0.438 e. The molecule has 7 nitrogen and oxygen atoms in total. The van der Waals surface area contributed by atoms with Gasteiger partial charge < -0.3 is 14.4 Å². The number of rotatable bonds is 4. The molecule has 1 saturated heterocycles. The Bertz CT molecular complexity index is 578. The van der Waals surface area contributed by atoms with Gasteiger partial charge in [-0.1, -0.05) is 0 Å². The van der Waals surface area contributed by atoms with Gasteiger partial charge >= 0.3 is 0 Å². The van der Waals surface area contributed by atoms with Crippen LogP contribution in [0.25, 0.3) is 0 Å². The average molecular weight is 276 g/mol. The first kappa shape index (κ1) is 12.9. The van der Waals surface area contributed by atoms with E-state index in [9.17, 15) is 4.79 Å². The molecule has 0 spiro atoms. The van der Waals surface area contributed by atoms with Crippen LogP contribution in [0.5, 0.6) is 0 Å². The van der Waals surface area contributed by atoms with Crippen molar-refractivity contribution in [3.05, 3.63) is 35.8 Å². The van der Waals surface area contributed by atoms with E-state index in [-0.39, 0.29) is 24.2 Å². The van der Waals surface area contributed by atoms with Gasteiger partial charge in [-0.3, -0.25) is 9.89 Å². The zero-order valence-electron chi connectivity index (χ0n) is 11.0. The Morgan fingerprint density at radius 2 is 2.50 bits per heavy atom. The minimum Gasteiger partial charge on any atom is -0.438 e. The molecular formula is C13H16N4O3. The number of aromatic nitrogens is 3. The van der Waals surface area contributed by atoms with E-state index < -0.39 is 0 Å². The second kappa shape index (κ2) is 5.46. The van der Waals surface area contributed by atoms with Gasteiger partial charge in [0.25, 0.3) is 5.91 Å². The van der Waals surface area contributed by atoms with E-state index in [0.717, 1.165) is 17.8 Å². The monoisotopic (exact) mass is 276 g/mol. The molecule has 3 heterocycles. The number of aliphatic hydroxyl groups excluding tert-OH is 1. The third-order valence-corrected chi connectivity index (χ3v) is 3.57. The third kappa shape index (κ3) is 2.44. The van der Waals surface area contributed by atoms with Crippen molar-refractivity contribution < 1.29 is 14.3 Å². The van der Waals surface area contributed by atoms with Crippen molar-refractivity contribution in [1.82, 2.24) is 20.1 Å². The highest BCUT2D eigenvalue weighted by Gasteiger charge is 2.30. The highest BCUT2D eigenvalue weighted by molar-refractivity contribution is 5.91. The number of hydrogen-bond donors (Lipinski definition) is 2. The summed E-state index contributed by atoms with van der Waals surface area (Å²) in [5, 5.41) is 16.1. The molecule has 2 aromatic rings. The quantitative estimate of drug-likeness (QED) is 0.851. The number of aliphatic hydroxyl groups is 1. The van der Waals surface area contributed by atoms with E-state index in [4.69, 9.17) is 9.52 Å². The number of aromatic amines is 1. The molecular weight excluding hydrogens is 260 g/mol. The molecule has 1 fully saturated rings. The fourth-order valence-electron chi connectivity index (χ4n) is 2.50. The van der Waals surface area contributed by atoms with Gasteiger partial charge in [0.1, 0.15) is 0 Å². The molecule has 0 aromatic carbocycles. The first-order chi connectivity index (χ1) is 9.78. The lowest BCUT2D eigenvalue weighted by atomic mass is 10.0. The van der Waals surface area contributed by atoms with Crippen molar-refractivity contribution >= 4 is 5.91 Å². The van der Waals surface area contributed by atoms with Crippen LogP contribution in [0.3, 0.4) is 0 Å². The summed E-state index contributed by atoms with van der Waals surface area (Å²) in [6.45, 7) is 1.41. The van der Waals surface area contributed by atoms with Gasteiger partial charge in [0, 0.05) is 37.7 Å². The zero-order valence-corrected chi connectivity index (χ0v) is 11.0. The van der Waals surface area contributed by atoms with Gasteiger partial charge in [0.05, 0.1) is 11.9 Å². The summed E-state index contributed by atoms with van der Waals surface area (Å²) in [6.07, 6.45) is 4.14. The van der Waals surface area contributed by atoms with Crippen molar-refractivity contribution in [3.8, 4) is 0 Å². The third-order valence-electron chi connectivity index (χ3n) is 3.57. The maximum atomic E-state index is 12.1. The minimum absolute atomic E-state index is 0.0996. The van der Waals surface area contributed by atoms with E-state index in [0.29, 0.717) is 19.5 Å². The molecule has 0 aliphatic carbocycles. The first-order valence-corrected chi connectivity index (χ1v) is 6.60. The number of oxazole rings is 1. The van der Waals surface area contributed by atoms with Gasteiger partial charge in [0.2, 0.25) is 5.76 Å². The summed E-state index contributed by atoms with van der Waals surface area (Å²) in [5.41, 5.74) is 1.86. The lowest BCUT2D eigenvalue weighted by Gasteiger charge is -2.13. The molecule has 106 valence electrons. The summed E-state index contributed by atoms with van der Waals surface area (Å²) >= 11 is 0. The van der Waals surface area contributed by atoms with Crippen LogP contribution < -0.4 is 0 Å². The normalized spacial score (nSPS) is 18.6. The molecule has 2 N–H and O–H groups in total. The Hall–Kier alpha value is -2.15. The van der Waals surface area contributed by atoms with E-state index >= 15 is 0 Å². The second-order valence-corrected chi connectivity index (χ2v) is 4.89. The molecule has 1 aliphatic rings. The SMILES string of the molecule is O=C(c1cnco1)N1CCC(c2cc(CCO)[nH]n2)C1. The molecule has 20 heavy (non-hydrogen) atoms. The summed E-state index contributed by atoms with van der Waals surface area (Å²) in [6, 6.07) is 1.96. The summed E-state index contributed by atoms with van der Waals surface area (Å²) in [4.78, 5) is 17.6. The summed E-state index contributed by atoms with van der Waals surface area (Å²) in [7, 11) is 0. The standard InChI is InChI=1S/C13H16N4O3/c18-4-2-10-5-11(16-15-10)9-1-3-17(7-9)13(19)12-6-14-8-20-12/h5-6,8-9,18H,1-4,7H2,(H,15,16). The van der Waals surface area contributed by atoms with Gasteiger partial charge in [-0.05, 0) is 12.5 Å². The fraction of sp³-hybridized carbons (Fsp3) is 0.462. The molecule has 1 amide bonds. The average Bonchev–Trinajstić information content (AvgIpc) is 3.19. The number of carbonyl (C=O) groups excluding carboxylic acids is 1. The molecule has 0 bridgehead atoms. The van der Waals surface area contributed by atoms with Crippen LogP contribution in [0.15, 0.2) is 23.1 Å². The number of likely N-dealkylation sites (tertiary alicyclic amines) is 1. The van der Waals surface area contributed by atoms with Crippen LogP contribution in [0.1, 0.15) is 34.3 Å². The Kier molecular flexibility index (Phi) is 3.51. The second-order valence-electron chi connectivity index (χ2n) is 4.89. The fourth-order valence-corrected chi connectivity index (χ4v) is 2.50. The van der Waals surface area contributed by atoms with Crippen LogP contribution in [-0.4, -0.2) is 50.8 Å². The molecule has 0 saturated carbocycles. The topological polar surface area (TPSA) is 95.3 Å². The number of nitrogens with one attached hydrogen (secondary N) is 1. The van der Waals surface area contributed by atoms with Crippen molar-refractivity contribution in [3.63, 3.8) is 0 Å². The molecule has 7 heteroatoms. The lowest BCUT2D eigenvalue weighted by molar-refractivity contribution is 0.0759. The Morgan fingerprint density at radius 3 is 3.25 bits per heavy atom. The van der Waals surface area contributed by atoms with E-state index in [2.05, 4.69) is 15.2 Å². The predicted octanol–water partition coefficient (Wildman–Crippen LogP) is 0.562. The number of carbonyl (C=O) groups is 1. The predicted molar refractivity (Wildman–Crippen MR) is 69.1 cm³/mol. The Morgan fingerprint density at radius 1 is 1.60 bits per heavy atom. The van der Waals surface area contributed by atoms with Crippen LogP contribution in [-0.2, 0) is 6.42 Å². The van der Waals surface area contributed by atoms with Crippen molar-refractivity contribution in [2.24, 2.45) is 0 Å². The maximum absolute atomic E-state index is 12.1.